The van der Waals surface area contributed by atoms with Crippen molar-refractivity contribution in [3.63, 3.8) is 0 Å². The maximum Gasteiger partial charge on any atom is 0.275 e. The fourth-order valence-electron chi connectivity index (χ4n) is 2.04. The highest BCUT2D eigenvalue weighted by Gasteiger charge is 2.16. The minimum absolute atomic E-state index is 0.280. The molecule has 1 N–H and O–H groups in total. The standard InChI is InChI=1S/C14H14N4O2/c1-18-6-7-20-13-3-2-10(8-12(13)18)17-14(19)11-9-15-4-5-16-11/h2-5,8-9H,6-7H2,1H3,(H,17,19). The van der Waals surface area contributed by atoms with E-state index in [4.69, 9.17) is 4.74 Å². The van der Waals surface area contributed by atoms with Crippen molar-refractivity contribution in [2.75, 3.05) is 30.4 Å². The van der Waals surface area contributed by atoms with Crippen molar-refractivity contribution in [1.82, 2.24) is 9.97 Å². The second-order valence-corrected chi connectivity index (χ2v) is 4.50. The van der Waals surface area contributed by atoms with E-state index in [1.807, 2.05) is 25.2 Å². The van der Waals surface area contributed by atoms with Gasteiger partial charge in [-0.3, -0.25) is 9.78 Å². The molecule has 1 aliphatic heterocycles. The predicted molar refractivity (Wildman–Crippen MR) is 75.2 cm³/mol. The van der Waals surface area contributed by atoms with Gasteiger partial charge in [0.25, 0.3) is 5.91 Å². The van der Waals surface area contributed by atoms with Crippen molar-refractivity contribution in [2.24, 2.45) is 0 Å². The summed E-state index contributed by atoms with van der Waals surface area (Å²) in [4.78, 5) is 21.9. The molecule has 1 aromatic carbocycles. The molecule has 6 nitrogen and oxygen atoms in total. The zero-order chi connectivity index (χ0) is 13.9. The third-order valence-corrected chi connectivity index (χ3v) is 3.11. The molecular formula is C14H14N4O2. The van der Waals surface area contributed by atoms with E-state index in [9.17, 15) is 4.79 Å². The van der Waals surface area contributed by atoms with Crippen LogP contribution in [-0.4, -0.2) is 36.1 Å². The van der Waals surface area contributed by atoms with Crippen molar-refractivity contribution in [3.05, 3.63) is 42.5 Å². The summed E-state index contributed by atoms with van der Waals surface area (Å²) in [6.45, 7) is 1.50. The lowest BCUT2D eigenvalue weighted by Crippen LogP contribution is -2.28. The topological polar surface area (TPSA) is 67.3 Å². The van der Waals surface area contributed by atoms with E-state index in [0.717, 1.165) is 18.0 Å². The van der Waals surface area contributed by atoms with Crippen LogP contribution >= 0.6 is 0 Å². The van der Waals surface area contributed by atoms with Gasteiger partial charge in [-0.25, -0.2) is 4.98 Å². The number of likely N-dealkylation sites (N-methyl/N-ethyl adjacent to an activating group) is 1. The number of benzene rings is 1. The second-order valence-electron chi connectivity index (χ2n) is 4.50. The Kier molecular flexibility index (Phi) is 3.20. The van der Waals surface area contributed by atoms with Crippen molar-refractivity contribution in [2.45, 2.75) is 0 Å². The summed E-state index contributed by atoms with van der Waals surface area (Å²) < 4.78 is 5.56. The normalized spacial score (nSPS) is 13.3. The summed E-state index contributed by atoms with van der Waals surface area (Å²) >= 11 is 0. The van der Waals surface area contributed by atoms with Crippen molar-refractivity contribution < 1.29 is 9.53 Å². The summed E-state index contributed by atoms with van der Waals surface area (Å²) in [5.74, 6) is 0.550. The van der Waals surface area contributed by atoms with E-state index in [0.29, 0.717) is 12.3 Å². The molecule has 0 aliphatic carbocycles. The minimum Gasteiger partial charge on any atom is -0.490 e. The fourth-order valence-corrected chi connectivity index (χ4v) is 2.04. The third-order valence-electron chi connectivity index (χ3n) is 3.11. The molecule has 20 heavy (non-hydrogen) atoms. The molecule has 6 heteroatoms. The van der Waals surface area contributed by atoms with Gasteiger partial charge in [-0.15, -0.1) is 0 Å². The smallest absolute Gasteiger partial charge is 0.275 e. The first kappa shape index (κ1) is 12.4. The van der Waals surface area contributed by atoms with Gasteiger partial charge in [-0.2, -0.15) is 0 Å². The van der Waals surface area contributed by atoms with Crippen molar-refractivity contribution >= 4 is 17.3 Å². The number of nitrogens with zero attached hydrogens (tertiary/aromatic N) is 3. The number of carbonyl (C=O) groups excluding carboxylic acids is 1. The van der Waals surface area contributed by atoms with Crippen LogP contribution < -0.4 is 15.0 Å². The number of fused-ring (bicyclic) bond motifs is 1. The first-order valence-corrected chi connectivity index (χ1v) is 6.29. The van der Waals surface area contributed by atoms with E-state index < -0.39 is 0 Å². The van der Waals surface area contributed by atoms with E-state index in [1.165, 1.54) is 18.6 Å². The first-order valence-electron chi connectivity index (χ1n) is 6.29. The van der Waals surface area contributed by atoms with Crippen molar-refractivity contribution in [3.8, 4) is 5.75 Å². The number of aromatic nitrogens is 2. The van der Waals surface area contributed by atoms with Crippen LogP contribution in [0.1, 0.15) is 10.5 Å². The molecule has 3 rings (SSSR count). The highest BCUT2D eigenvalue weighted by Crippen LogP contribution is 2.33. The molecule has 0 fully saturated rings. The summed E-state index contributed by atoms with van der Waals surface area (Å²) in [7, 11) is 2.00. The monoisotopic (exact) mass is 270 g/mol. The number of hydrogen-bond donors (Lipinski definition) is 1. The molecule has 1 aliphatic rings. The van der Waals surface area contributed by atoms with Crippen LogP contribution in [0.4, 0.5) is 11.4 Å². The van der Waals surface area contributed by atoms with Crippen LogP contribution in [0.25, 0.3) is 0 Å². The fraction of sp³-hybridized carbons (Fsp3) is 0.214. The maximum absolute atomic E-state index is 12.0. The molecule has 0 saturated heterocycles. The lowest BCUT2D eigenvalue weighted by molar-refractivity contribution is 0.102. The molecule has 0 saturated carbocycles. The molecule has 0 atom stereocenters. The van der Waals surface area contributed by atoms with Crippen LogP contribution in [-0.2, 0) is 0 Å². The molecule has 0 spiro atoms. The molecule has 2 heterocycles. The number of amides is 1. The van der Waals surface area contributed by atoms with Gasteiger partial charge in [0.15, 0.2) is 0 Å². The summed E-state index contributed by atoms with van der Waals surface area (Å²) in [5.41, 5.74) is 1.96. The van der Waals surface area contributed by atoms with Crippen LogP contribution in [0.2, 0.25) is 0 Å². The van der Waals surface area contributed by atoms with E-state index in [-0.39, 0.29) is 11.6 Å². The summed E-state index contributed by atoms with van der Waals surface area (Å²) in [6, 6.07) is 5.56. The second kappa shape index (κ2) is 5.16. The van der Waals surface area contributed by atoms with Crippen LogP contribution in [0.15, 0.2) is 36.8 Å². The van der Waals surface area contributed by atoms with Gasteiger partial charge in [-0.05, 0) is 18.2 Å². The Labute approximate surface area is 116 Å². The highest BCUT2D eigenvalue weighted by atomic mass is 16.5. The molecule has 2 aromatic rings. The van der Waals surface area contributed by atoms with Gasteiger partial charge in [0.05, 0.1) is 18.4 Å². The zero-order valence-electron chi connectivity index (χ0n) is 11.0. The number of hydrogen-bond acceptors (Lipinski definition) is 5. The van der Waals surface area contributed by atoms with Gasteiger partial charge >= 0.3 is 0 Å². The van der Waals surface area contributed by atoms with Gasteiger partial charge in [-0.1, -0.05) is 0 Å². The number of anilines is 2. The number of rotatable bonds is 2. The van der Waals surface area contributed by atoms with E-state index in [2.05, 4.69) is 20.2 Å². The number of nitrogens with one attached hydrogen (secondary N) is 1. The maximum atomic E-state index is 12.0. The average Bonchev–Trinajstić information content (AvgIpc) is 2.49. The minimum atomic E-state index is -0.280. The quantitative estimate of drug-likeness (QED) is 0.897. The number of carbonyl (C=O) groups is 1. The van der Waals surface area contributed by atoms with E-state index >= 15 is 0 Å². The highest BCUT2D eigenvalue weighted by molar-refractivity contribution is 6.03. The third kappa shape index (κ3) is 2.40. The summed E-state index contributed by atoms with van der Waals surface area (Å²) in [5, 5.41) is 2.81. The Morgan fingerprint density at radius 3 is 3.10 bits per heavy atom. The molecule has 102 valence electrons. The molecular weight excluding hydrogens is 256 g/mol. The molecule has 1 amide bonds. The Morgan fingerprint density at radius 2 is 2.30 bits per heavy atom. The van der Waals surface area contributed by atoms with Crippen LogP contribution in [0, 0.1) is 0 Å². The van der Waals surface area contributed by atoms with Gasteiger partial charge < -0.3 is 15.0 Å². The lowest BCUT2D eigenvalue weighted by atomic mass is 10.2. The average molecular weight is 270 g/mol. The molecule has 0 bridgehead atoms. The predicted octanol–water partition coefficient (Wildman–Crippen LogP) is 1.56. The Balaban J connectivity index is 1.82. The largest absolute Gasteiger partial charge is 0.490 e. The van der Waals surface area contributed by atoms with Crippen molar-refractivity contribution in [1.29, 1.82) is 0 Å². The Morgan fingerprint density at radius 1 is 1.40 bits per heavy atom. The molecule has 0 radical (unpaired) electrons. The molecule has 1 aromatic heterocycles. The Bertz CT molecular complexity index is 630. The SMILES string of the molecule is CN1CCOc2ccc(NC(=O)c3cnccn3)cc21. The van der Waals surface area contributed by atoms with Gasteiger partial charge in [0.1, 0.15) is 18.1 Å². The molecule has 0 unspecified atom stereocenters. The Hall–Kier alpha value is -2.63. The van der Waals surface area contributed by atoms with Crippen LogP contribution in [0.5, 0.6) is 5.75 Å². The lowest BCUT2D eigenvalue weighted by Gasteiger charge is -2.28. The van der Waals surface area contributed by atoms with Gasteiger partial charge in [0, 0.05) is 25.1 Å². The summed E-state index contributed by atoms with van der Waals surface area (Å²) in [6.07, 6.45) is 4.45. The van der Waals surface area contributed by atoms with Crippen LogP contribution in [0.3, 0.4) is 0 Å². The number of ether oxygens (including phenoxy) is 1. The first-order chi connectivity index (χ1) is 9.74. The van der Waals surface area contributed by atoms with Gasteiger partial charge in [0.2, 0.25) is 0 Å². The van der Waals surface area contributed by atoms with E-state index in [1.54, 1.807) is 0 Å². The zero-order valence-corrected chi connectivity index (χ0v) is 11.0.